The van der Waals surface area contributed by atoms with Crippen molar-refractivity contribution < 1.29 is 0 Å². The third-order valence-electron chi connectivity index (χ3n) is 9.06. The van der Waals surface area contributed by atoms with Gasteiger partial charge in [-0.3, -0.25) is 0 Å². The maximum absolute atomic E-state index is 2.44. The lowest BCUT2D eigenvalue weighted by Gasteiger charge is -2.29. The van der Waals surface area contributed by atoms with E-state index in [1.165, 1.54) is 64.0 Å². The Morgan fingerprint density at radius 1 is 0.348 bits per heavy atom. The first-order valence-corrected chi connectivity index (χ1v) is 16.5. The van der Waals surface area contributed by atoms with Gasteiger partial charge in [0.2, 0.25) is 0 Å². The normalized spacial score (nSPS) is 11.5. The third-order valence-corrected chi connectivity index (χ3v) is 10.2. The molecule has 1 nitrogen and oxygen atoms in total. The van der Waals surface area contributed by atoms with Gasteiger partial charge in [0, 0.05) is 36.8 Å². The van der Waals surface area contributed by atoms with Crippen molar-refractivity contribution in [3.8, 4) is 22.3 Å². The van der Waals surface area contributed by atoms with Crippen molar-refractivity contribution in [2.75, 3.05) is 4.90 Å². The van der Waals surface area contributed by atoms with Crippen molar-refractivity contribution >= 4 is 70.1 Å². The number of hydrogen-bond donors (Lipinski definition) is 0. The topological polar surface area (TPSA) is 3.24 Å². The van der Waals surface area contributed by atoms with E-state index in [4.69, 9.17) is 0 Å². The minimum absolute atomic E-state index is 1.12. The largest absolute Gasteiger partial charge is 0.309 e. The van der Waals surface area contributed by atoms with E-state index in [9.17, 15) is 0 Å². The van der Waals surface area contributed by atoms with E-state index < -0.39 is 0 Å². The quantitative estimate of drug-likeness (QED) is 0.189. The average molecular weight is 604 g/mol. The van der Waals surface area contributed by atoms with E-state index in [2.05, 4.69) is 181 Å². The molecule has 0 aliphatic rings. The minimum atomic E-state index is 1.12. The Hall–Kier alpha value is -5.70. The standard InChI is InChI=1S/C44H29NS/c1-2-12-30(13-3-1)31-24-27-34(28-25-31)45(39-22-11-15-32-14-4-5-17-35(32)39)40-21-8-6-18-36(40)37-20-10-16-33-26-29-42-44(43(33)37)38-19-7-9-23-41(38)46-42/h1-29H. The highest BCUT2D eigenvalue weighted by Crippen LogP contribution is 2.47. The second kappa shape index (κ2) is 11.0. The van der Waals surface area contributed by atoms with Crippen molar-refractivity contribution in [1.29, 1.82) is 0 Å². The summed E-state index contributed by atoms with van der Waals surface area (Å²) in [5.74, 6) is 0. The molecule has 0 aliphatic carbocycles. The van der Waals surface area contributed by atoms with Gasteiger partial charge in [-0.15, -0.1) is 11.3 Å². The van der Waals surface area contributed by atoms with E-state index in [-0.39, 0.29) is 0 Å². The number of thiophene rings is 1. The first-order chi connectivity index (χ1) is 22.8. The Balaban J connectivity index is 1.32. The predicted octanol–water partition coefficient (Wildman–Crippen LogP) is 13.2. The Labute approximate surface area is 272 Å². The summed E-state index contributed by atoms with van der Waals surface area (Å²) in [6.45, 7) is 0. The van der Waals surface area contributed by atoms with Gasteiger partial charge in [0.1, 0.15) is 0 Å². The SMILES string of the molecule is c1ccc(-c2ccc(N(c3ccccc3-c3cccc4ccc5sc6ccccc6c5c34)c3cccc4ccccc34)cc2)cc1. The molecule has 46 heavy (non-hydrogen) atoms. The first kappa shape index (κ1) is 26.7. The van der Waals surface area contributed by atoms with Crippen LogP contribution in [-0.2, 0) is 0 Å². The lowest BCUT2D eigenvalue weighted by molar-refractivity contribution is 1.30. The molecule has 2 heteroatoms. The fourth-order valence-electron chi connectivity index (χ4n) is 6.96. The second-order valence-electron chi connectivity index (χ2n) is 11.7. The maximum Gasteiger partial charge on any atom is 0.0540 e. The van der Waals surface area contributed by atoms with Crippen LogP contribution >= 0.6 is 11.3 Å². The van der Waals surface area contributed by atoms with Gasteiger partial charge in [0.05, 0.1) is 11.4 Å². The molecule has 0 N–H and O–H groups in total. The van der Waals surface area contributed by atoms with Crippen molar-refractivity contribution in [3.05, 3.63) is 176 Å². The van der Waals surface area contributed by atoms with Crippen LogP contribution in [0.1, 0.15) is 0 Å². The summed E-state index contributed by atoms with van der Waals surface area (Å²) in [7, 11) is 0. The highest BCUT2D eigenvalue weighted by Gasteiger charge is 2.21. The van der Waals surface area contributed by atoms with Crippen LogP contribution in [0.15, 0.2) is 176 Å². The van der Waals surface area contributed by atoms with Crippen LogP contribution in [0.3, 0.4) is 0 Å². The second-order valence-corrected chi connectivity index (χ2v) is 12.8. The average Bonchev–Trinajstić information content (AvgIpc) is 3.52. The first-order valence-electron chi connectivity index (χ1n) is 15.7. The molecule has 0 unspecified atom stereocenters. The van der Waals surface area contributed by atoms with E-state index in [0.717, 1.165) is 17.1 Å². The fourth-order valence-corrected chi connectivity index (χ4v) is 8.07. The number of anilines is 3. The number of hydrogen-bond acceptors (Lipinski definition) is 2. The van der Waals surface area contributed by atoms with Crippen LogP contribution in [0, 0.1) is 0 Å². The molecule has 0 atom stereocenters. The van der Waals surface area contributed by atoms with Gasteiger partial charge >= 0.3 is 0 Å². The lowest BCUT2D eigenvalue weighted by Crippen LogP contribution is -2.11. The molecular formula is C44H29NS. The van der Waals surface area contributed by atoms with E-state index in [0.29, 0.717) is 0 Å². The lowest BCUT2D eigenvalue weighted by atomic mass is 9.93. The van der Waals surface area contributed by atoms with Crippen LogP contribution in [0.2, 0.25) is 0 Å². The highest BCUT2D eigenvalue weighted by molar-refractivity contribution is 7.26. The molecule has 0 aliphatic heterocycles. The highest BCUT2D eigenvalue weighted by atomic mass is 32.1. The number of nitrogens with zero attached hydrogens (tertiary/aromatic N) is 1. The van der Waals surface area contributed by atoms with Gasteiger partial charge in [-0.05, 0) is 69.2 Å². The van der Waals surface area contributed by atoms with Gasteiger partial charge in [0.15, 0.2) is 0 Å². The molecule has 9 aromatic rings. The summed E-state index contributed by atoms with van der Waals surface area (Å²) in [4.78, 5) is 2.44. The zero-order valence-corrected chi connectivity index (χ0v) is 25.9. The van der Waals surface area contributed by atoms with Crippen molar-refractivity contribution in [2.45, 2.75) is 0 Å². The summed E-state index contributed by atoms with van der Waals surface area (Å²) < 4.78 is 2.64. The molecular weight excluding hydrogens is 575 g/mol. The van der Waals surface area contributed by atoms with Crippen molar-refractivity contribution in [2.24, 2.45) is 0 Å². The summed E-state index contributed by atoms with van der Waals surface area (Å²) in [6.07, 6.45) is 0. The van der Waals surface area contributed by atoms with Crippen LogP contribution in [-0.4, -0.2) is 0 Å². The molecule has 0 saturated heterocycles. The van der Waals surface area contributed by atoms with E-state index in [1.807, 2.05) is 11.3 Å². The molecule has 9 rings (SSSR count). The molecule has 0 radical (unpaired) electrons. The van der Waals surface area contributed by atoms with Gasteiger partial charge in [-0.2, -0.15) is 0 Å². The van der Waals surface area contributed by atoms with Crippen LogP contribution in [0.5, 0.6) is 0 Å². The molecule has 8 aromatic carbocycles. The van der Waals surface area contributed by atoms with Crippen LogP contribution in [0.25, 0.3) is 64.0 Å². The summed E-state index contributed by atoms with van der Waals surface area (Å²) in [6, 6.07) is 63.9. The Morgan fingerprint density at radius 3 is 1.87 bits per heavy atom. The number of para-hydroxylation sites is 1. The van der Waals surface area contributed by atoms with Crippen molar-refractivity contribution in [3.63, 3.8) is 0 Å². The molecule has 0 amide bonds. The summed E-state index contributed by atoms with van der Waals surface area (Å²) >= 11 is 1.88. The van der Waals surface area contributed by atoms with Crippen LogP contribution < -0.4 is 4.90 Å². The molecule has 0 bridgehead atoms. The van der Waals surface area contributed by atoms with E-state index in [1.54, 1.807) is 0 Å². The summed E-state index contributed by atoms with van der Waals surface area (Å²) in [5, 5.41) is 7.67. The summed E-state index contributed by atoms with van der Waals surface area (Å²) in [5.41, 5.74) is 8.30. The number of rotatable bonds is 5. The smallest absolute Gasteiger partial charge is 0.0540 e. The molecule has 0 spiro atoms. The zero-order chi connectivity index (χ0) is 30.5. The van der Waals surface area contributed by atoms with E-state index >= 15 is 0 Å². The number of benzene rings is 8. The third kappa shape index (κ3) is 4.38. The molecule has 0 saturated carbocycles. The predicted molar refractivity (Wildman–Crippen MR) is 200 cm³/mol. The van der Waals surface area contributed by atoms with Gasteiger partial charge < -0.3 is 4.90 Å². The number of fused-ring (bicyclic) bond motifs is 6. The Bertz CT molecular complexity index is 2520. The molecule has 216 valence electrons. The Morgan fingerprint density at radius 2 is 0.978 bits per heavy atom. The fraction of sp³-hybridized carbons (Fsp3) is 0. The maximum atomic E-state index is 2.44. The van der Waals surface area contributed by atoms with Crippen LogP contribution in [0.4, 0.5) is 17.1 Å². The monoisotopic (exact) mass is 603 g/mol. The molecule has 0 fully saturated rings. The zero-order valence-electron chi connectivity index (χ0n) is 25.1. The van der Waals surface area contributed by atoms with Gasteiger partial charge in [-0.25, -0.2) is 0 Å². The molecule has 1 aromatic heterocycles. The Kier molecular flexibility index (Phi) is 6.40. The van der Waals surface area contributed by atoms with Gasteiger partial charge in [-0.1, -0.05) is 140 Å². The van der Waals surface area contributed by atoms with Crippen molar-refractivity contribution in [1.82, 2.24) is 0 Å². The molecule has 1 heterocycles. The minimum Gasteiger partial charge on any atom is -0.309 e. The van der Waals surface area contributed by atoms with Gasteiger partial charge in [0.25, 0.3) is 0 Å².